The number of hydrogen-bond acceptors (Lipinski definition) is 4. The molecule has 2 aliphatic heterocycles. The van der Waals surface area contributed by atoms with E-state index in [9.17, 15) is 14.4 Å². The van der Waals surface area contributed by atoms with E-state index >= 15 is 0 Å². The molecule has 0 aromatic heterocycles. The van der Waals surface area contributed by atoms with E-state index in [1.165, 1.54) is 11.8 Å². The molecule has 24 heavy (non-hydrogen) atoms. The minimum absolute atomic E-state index is 0.170. The summed E-state index contributed by atoms with van der Waals surface area (Å²) in [6.45, 7) is 3.73. The summed E-state index contributed by atoms with van der Waals surface area (Å²) in [4.78, 5) is 37.3. The van der Waals surface area contributed by atoms with Gasteiger partial charge in [0, 0.05) is 25.1 Å². The number of amides is 2. The molecule has 0 unspecified atom stereocenters. The van der Waals surface area contributed by atoms with Gasteiger partial charge in [-0.05, 0) is 38.0 Å². The fraction of sp³-hybridized carbons (Fsp3) is 0.471. The zero-order valence-electron chi connectivity index (χ0n) is 13.8. The maximum atomic E-state index is 12.4. The van der Waals surface area contributed by atoms with Crippen LogP contribution < -0.4 is 10.6 Å². The molecule has 0 radical (unpaired) electrons. The quantitative estimate of drug-likeness (QED) is 0.759. The van der Waals surface area contributed by atoms with Crippen LogP contribution in [0.15, 0.2) is 18.2 Å². The van der Waals surface area contributed by atoms with Crippen LogP contribution in [0.5, 0.6) is 0 Å². The number of carbonyl (C=O) groups excluding carboxylic acids is 2. The first kappa shape index (κ1) is 16.3. The van der Waals surface area contributed by atoms with Gasteiger partial charge in [-0.3, -0.25) is 9.59 Å². The molecule has 2 atom stereocenters. The Labute approximate surface area is 140 Å². The van der Waals surface area contributed by atoms with Crippen molar-refractivity contribution in [3.05, 3.63) is 29.3 Å². The highest BCUT2D eigenvalue weighted by Gasteiger charge is 2.41. The van der Waals surface area contributed by atoms with Crippen LogP contribution in [0.4, 0.5) is 5.69 Å². The molecule has 3 rings (SSSR count). The summed E-state index contributed by atoms with van der Waals surface area (Å²) < 4.78 is 0. The Kier molecular flexibility index (Phi) is 3.95. The number of fused-ring (bicyclic) bond motifs is 1. The SMILES string of the molecule is Cc1ccc2c(c1)N[C@@]1(CCC(=O)N([C@H](C)C(=O)O)CC1)NC2=O. The number of carbonyl (C=O) groups is 3. The second-order valence-corrected chi connectivity index (χ2v) is 6.56. The molecule has 1 aromatic carbocycles. The molecule has 1 spiro atoms. The van der Waals surface area contributed by atoms with Gasteiger partial charge in [-0.2, -0.15) is 0 Å². The Balaban J connectivity index is 1.86. The molecule has 128 valence electrons. The predicted octanol–water partition coefficient (Wildman–Crippen LogP) is 1.33. The summed E-state index contributed by atoms with van der Waals surface area (Å²) in [7, 11) is 0. The van der Waals surface area contributed by atoms with E-state index in [1.807, 2.05) is 19.1 Å². The van der Waals surface area contributed by atoms with Gasteiger partial charge in [-0.25, -0.2) is 4.79 Å². The third kappa shape index (κ3) is 2.81. The molecular weight excluding hydrogens is 310 g/mol. The van der Waals surface area contributed by atoms with Gasteiger partial charge in [0.2, 0.25) is 5.91 Å². The molecule has 2 heterocycles. The van der Waals surface area contributed by atoms with Crippen LogP contribution in [-0.2, 0) is 9.59 Å². The van der Waals surface area contributed by atoms with Crippen LogP contribution >= 0.6 is 0 Å². The minimum Gasteiger partial charge on any atom is -0.480 e. The van der Waals surface area contributed by atoms with Crippen LogP contribution in [0.1, 0.15) is 42.1 Å². The molecule has 1 aromatic rings. The molecule has 7 nitrogen and oxygen atoms in total. The lowest BCUT2D eigenvalue weighted by atomic mass is 9.94. The Bertz CT molecular complexity index is 718. The molecular formula is C17H21N3O4. The first-order valence-electron chi connectivity index (χ1n) is 8.05. The van der Waals surface area contributed by atoms with Gasteiger partial charge in [0.25, 0.3) is 5.91 Å². The van der Waals surface area contributed by atoms with E-state index in [1.54, 1.807) is 6.07 Å². The molecule has 2 amide bonds. The largest absolute Gasteiger partial charge is 0.480 e. The summed E-state index contributed by atoms with van der Waals surface area (Å²) in [5, 5.41) is 15.5. The van der Waals surface area contributed by atoms with E-state index in [2.05, 4.69) is 10.6 Å². The van der Waals surface area contributed by atoms with E-state index in [-0.39, 0.29) is 24.8 Å². The van der Waals surface area contributed by atoms with Crippen molar-refractivity contribution in [2.75, 3.05) is 11.9 Å². The number of carboxylic acids is 1. The van der Waals surface area contributed by atoms with E-state index in [0.717, 1.165) is 11.3 Å². The smallest absolute Gasteiger partial charge is 0.326 e. The molecule has 0 saturated carbocycles. The summed E-state index contributed by atoms with van der Waals surface area (Å²) in [5.74, 6) is -1.40. The van der Waals surface area contributed by atoms with Crippen LogP contribution in [0.2, 0.25) is 0 Å². The van der Waals surface area contributed by atoms with Gasteiger partial charge in [0.1, 0.15) is 11.7 Å². The second-order valence-electron chi connectivity index (χ2n) is 6.56. The van der Waals surface area contributed by atoms with E-state index in [4.69, 9.17) is 5.11 Å². The number of nitrogens with one attached hydrogen (secondary N) is 2. The third-order valence-corrected chi connectivity index (χ3v) is 4.84. The van der Waals surface area contributed by atoms with Crippen molar-refractivity contribution >= 4 is 23.5 Å². The van der Waals surface area contributed by atoms with Crippen molar-refractivity contribution in [2.45, 2.75) is 44.8 Å². The lowest BCUT2D eigenvalue weighted by molar-refractivity contribution is -0.149. The Morgan fingerprint density at radius 2 is 2.04 bits per heavy atom. The number of hydrogen-bond donors (Lipinski definition) is 3. The average Bonchev–Trinajstić information content (AvgIpc) is 2.66. The van der Waals surface area contributed by atoms with Gasteiger partial charge in [0.15, 0.2) is 0 Å². The van der Waals surface area contributed by atoms with E-state index < -0.39 is 17.7 Å². The maximum absolute atomic E-state index is 12.4. The highest BCUT2D eigenvalue weighted by atomic mass is 16.4. The highest BCUT2D eigenvalue weighted by molar-refractivity contribution is 6.02. The number of aryl methyl sites for hydroxylation is 1. The molecule has 7 heteroatoms. The van der Waals surface area contributed by atoms with Gasteiger partial charge in [-0.1, -0.05) is 6.07 Å². The molecule has 1 fully saturated rings. The van der Waals surface area contributed by atoms with Crippen molar-refractivity contribution in [1.29, 1.82) is 0 Å². The number of likely N-dealkylation sites (tertiary alicyclic amines) is 1. The fourth-order valence-electron chi connectivity index (χ4n) is 3.35. The van der Waals surface area contributed by atoms with Gasteiger partial charge >= 0.3 is 5.97 Å². The van der Waals surface area contributed by atoms with Gasteiger partial charge < -0.3 is 20.6 Å². The van der Waals surface area contributed by atoms with Crippen LogP contribution in [-0.4, -0.2) is 46.0 Å². The molecule has 1 saturated heterocycles. The van der Waals surface area contributed by atoms with Gasteiger partial charge in [-0.15, -0.1) is 0 Å². The van der Waals surface area contributed by atoms with Gasteiger partial charge in [0.05, 0.1) is 5.56 Å². The topological polar surface area (TPSA) is 98.7 Å². The summed E-state index contributed by atoms with van der Waals surface area (Å²) in [6.07, 6.45) is 1.06. The van der Waals surface area contributed by atoms with E-state index in [0.29, 0.717) is 18.4 Å². The molecule has 0 bridgehead atoms. The zero-order chi connectivity index (χ0) is 17.5. The molecule has 2 aliphatic rings. The van der Waals surface area contributed by atoms with Crippen molar-refractivity contribution in [1.82, 2.24) is 10.2 Å². The summed E-state index contributed by atoms with van der Waals surface area (Å²) in [6, 6.07) is 4.70. The summed E-state index contributed by atoms with van der Waals surface area (Å²) in [5.41, 5.74) is 1.65. The Hall–Kier alpha value is -2.57. The number of anilines is 1. The van der Waals surface area contributed by atoms with Crippen molar-refractivity contribution in [3.63, 3.8) is 0 Å². The molecule has 3 N–H and O–H groups in total. The third-order valence-electron chi connectivity index (χ3n) is 4.84. The zero-order valence-corrected chi connectivity index (χ0v) is 13.8. The Morgan fingerprint density at radius 1 is 1.29 bits per heavy atom. The number of carboxylic acid groups (broad SMARTS) is 1. The summed E-state index contributed by atoms with van der Waals surface area (Å²) >= 11 is 0. The predicted molar refractivity (Wildman–Crippen MR) is 87.7 cm³/mol. The monoisotopic (exact) mass is 331 g/mol. The lowest BCUT2D eigenvalue weighted by Crippen LogP contribution is -2.58. The van der Waals surface area contributed by atoms with Crippen molar-refractivity contribution in [3.8, 4) is 0 Å². The van der Waals surface area contributed by atoms with Crippen molar-refractivity contribution in [2.24, 2.45) is 0 Å². The minimum atomic E-state index is -1.03. The number of aliphatic carboxylic acids is 1. The first-order chi connectivity index (χ1) is 11.3. The average molecular weight is 331 g/mol. The normalized spacial score (nSPS) is 24.7. The number of nitrogens with zero attached hydrogens (tertiary/aromatic N) is 1. The highest BCUT2D eigenvalue weighted by Crippen LogP contribution is 2.32. The van der Waals surface area contributed by atoms with Crippen molar-refractivity contribution < 1.29 is 19.5 Å². The molecule has 0 aliphatic carbocycles. The fourth-order valence-corrected chi connectivity index (χ4v) is 3.35. The standard InChI is InChI=1S/C17H21N3O4/c1-10-3-4-12-13(9-10)18-17(19-15(12)22)6-5-14(21)20(8-7-17)11(2)16(23)24/h3-4,9,11,18H,5-8H2,1-2H3,(H,19,22)(H,23,24)/t11-,17+/m1/s1. The van der Waals surface area contributed by atoms with Crippen LogP contribution in [0, 0.1) is 6.92 Å². The Morgan fingerprint density at radius 3 is 2.75 bits per heavy atom. The van der Waals surface area contributed by atoms with Crippen LogP contribution in [0.25, 0.3) is 0 Å². The lowest BCUT2D eigenvalue weighted by Gasteiger charge is -2.40. The maximum Gasteiger partial charge on any atom is 0.326 e. The van der Waals surface area contributed by atoms with Crippen LogP contribution in [0.3, 0.4) is 0 Å². The number of rotatable bonds is 2. The first-order valence-corrected chi connectivity index (χ1v) is 8.05. The number of benzene rings is 1. The second kappa shape index (κ2) is 5.81.